The van der Waals surface area contributed by atoms with Crippen LogP contribution in [0.15, 0.2) is 22.7 Å². The van der Waals surface area contributed by atoms with Gasteiger partial charge in [0.25, 0.3) is 0 Å². The number of thiazole rings is 1. The molecule has 0 saturated heterocycles. The molecule has 0 radical (unpaired) electrons. The van der Waals surface area contributed by atoms with Crippen LogP contribution in [0, 0.1) is 13.8 Å². The van der Waals surface area contributed by atoms with E-state index in [1.54, 1.807) is 11.3 Å². The van der Waals surface area contributed by atoms with Crippen LogP contribution in [0.3, 0.4) is 0 Å². The van der Waals surface area contributed by atoms with Gasteiger partial charge in [-0.25, -0.2) is 4.98 Å². The molecule has 0 unspecified atom stereocenters. The summed E-state index contributed by atoms with van der Waals surface area (Å²) in [5.74, 6) is 1.39. The van der Waals surface area contributed by atoms with Crippen LogP contribution in [-0.2, 0) is 6.42 Å². The van der Waals surface area contributed by atoms with E-state index in [1.165, 1.54) is 10.3 Å². The number of nitrogens with zero attached hydrogens (tertiary/aromatic N) is 3. The number of rotatable bonds is 5. The molecule has 0 amide bonds. The molecule has 3 rings (SSSR count). The minimum Gasteiger partial charge on any atom is -0.361 e. The molecular formula is C14H16N4OS. The Morgan fingerprint density at radius 1 is 1.25 bits per heavy atom. The van der Waals surface area contributed by atoms with Gasteiger partial charge in [0.05, 0.1) is 10.2 Å². The number of aryl methyl sites for hydroxylation is 3. The molecule has 104 valence electrons. The molecule has 0 aliphatic rings. The molecule has 0 bridgehead atoms. The van der Waals surface area contributed by atoms with E-state index in [0.29, 0.717) is 11.7 Å². The van der Waals surface area contributed by atoms with Crippen molar-refractivity contribution in [3.8, 4) is 0 Å². The second kappa shape index (κ2) is 5.58. The molecule has 0 aliphatic carbocycles. The first-order valence-electron chi connectivity index (χ1n) is 6.61. The molecule has 2 heterocycles. The van der Waals surface area contributed by atoms with E-state index in [0.717, 1.165) is 30.0 Å². The van der Waals surface area contributed by atoms with E-state index in [2.05, 4.69) is 45.6 Å². The molecule has 1 N–H and O–H groups in total. The Morgan fingerprint density at radius 3 is 2.95 bits per heavy atom. The lowest BCUT2D eigenvalue weighted by Crippen LogP contribution is -2.02. The number of hydrogen-bond acceptors (Lipinski definition) is 6. The highest BCUT2D eigenvalue weighted by Crippen LogP contribution is 2.26. The number of benzene rings is 1. The van der Waals surface area contributed by atoms with Gasteiger partial charge in [0.1, 0.15) is 0 Å². The summed E-state index contributed by atoms with van der Waals surface area (Å²) in [5, 5.41) is 8.09. The van der Waals surface area contributed by atoms with Gasteiger partial charge < -0.3 is 9.84 Å². The topological polar surface area (TPSA) is 63.8 Å². The molecule has 1 aromatic carbocycles. The van der Waals surface area contributed by atoms with Gasteiger partial charge in [0.2, 0.25) is 5.89 Å². The Labute approximate surface area is 121 Å². The van der Waals surface area contributed by atoms with Crippen molar-refractivity contribution < 1.29 is 4.52 Å². The van der Waals surface area contributed by atoms with E-state index in [-0.39, 0.29) is 0 Å². The molecular weight excluding hydrogens is 272 g/mol. The van der Waals surface area contributed by atoms with Crippen molar-refractivity contribution in [1.29, 1.82) is 0 Å². The van der Waals surface area contributed by atoms with E-state index in [4.69, 9.17) is 4.52 Å². The van der Waals surface area contributed by atoms with Crippen LogP contribution in [0.25, 0.3) is 10.2 Å². The molecule has 0 saturated carbocycles. The lowest BCUT2D eigenvalue weighted by atomic mass is 10.2. The van der Waals surface area contributed by atoms with E-state index in [9.17, 15) is 0 Å². The first kappa shape index (κ1) is 13.1. The number of fused-ring (bicyclic) bond motifs is 1. The third-order valence-corrected chi connectivity index (χ3v) is 3.93. The molecule has 20 heavy (non-hydrogen) atoms. The van der Waals surface area contributed by atoms with Gasteiger partial charge in [0.15, 0.2) is 11.0 Å². The predicted molar refractivity (Wildman–Crippen MR) is 80.2 cm³/mol. The van der Waals surface area contributed by atoms with Crippen LogP contribution < -0.4 is 5.32 Å². The van der Waals surface area contributed by atoms with Gasteiger partial charge in [-0.2, -0.15) is 4.98 Å². The number of hydrogen-bond donors (Lipinski definition) is 1. The fourth-order valence-corrected chi connectivity index (χ4v) is 2.97. The van der Waals surface area contributed by atoms with Gasteiger partial charge in [-0.3, -0.25) is 0 Å². The molecule has 0 atom stereocenters. The van der Waals surface area contributed by atoms with Gasteiger partial charge in [-0.05, 0) is 38.0 Å². The Bertz CT molecular complexity index is 719. The average molecular weight is 288 g/mol. The highest BCUT2D eigenvalue weighted by atomic mass is 32.1. The van der Waals surface area contributed by atoms with Crippen molar-refractivity contribution in [2.45, 2.75) is 26.7 Å². The third kappa shape index (κ3) is 2.96. The number of anilines is 1. The zero-order valence-corrected chi connectivity index (χ0v) is 12.3. The minimum absolute atomic E-state index is 0.689. The van der Waals surface area contributed by atoms with Crippen molar-refractivity contribution in [3.63, 3.8) is 0 Å². The molecule has 6 heteroatoms. The summed E-state index contributed by atoms with van der Waals surface area (Å²) in [6.07, 6.45) is 1.73. The van der Waals surface area contributed by atoms with Crippen molar-refractivity contribution in [3.05, 3.63) is 35.5 Å². The molecule has 2 aromatic heterocycles. The highest BCUT2D eigenvalue weighted by molar-refractivity contribution is 7.22. The van der Waals surface area contributed by atoms with Gasteiger partial charge in [-0.15, -0.1) is 0 Å². The summed E-state index contributed by atoms with van der Waals surface area (Å²) in [6.45, 7) is 4.77. The van der Waals surface area contributed by atoms with E-state index < -0.39 is 0 Å². The monoisotopic (exact) mass is 288 g/mol. The first-order valence-corrected chi connectivity index (χ1v) is 7.42. The molecule has 5 nitrogen and oxygen atoms in total. The minimum atomic E-state index is 0.689. The second-order valence-electron chi connectivity index (χ2n) is 4.76. The normalized spacial score (nSPS) is 11.1. The van der Waals surface area contributed by atoms with Gasteiger partial charge >= 0.3 is 0 Å². The smallest absolute Gasteiger partial charge is 0.226 e. The molecule has 0 fully saturated rings. The zero-order chi connectivity index (χ0) is 13.9. The van der Waals surface area contributed by atoms with Crippen LogP contribution >= 0.6 is 11.3 Å². The van der Waals surface area contributed by atoms with E-state index >= 15 is 0 Å². The lowest BCUT2D eigenvalue weighted by Gasteiger charge is -1.99. The van der Waals surface area contributed by atoms with Crippen LogP contribution in [0.4, 0.5) is 5.13 Å². The molecule has 3 aromatic rings. The van der Waals surface area contributed by atoms with Crippen molar-refractivity contribution in [2.24, 2.45) is 0 Å². The largest absolute Gasteiger partial charge is 0.361 e. The highest BCUT2D eigenvalue weighted by Gasteiger charge is 2.05. The first-order chi connectivity index (χ1) is 9.70. The summed E-state index contributed by atoms with van der Waals surface area (Å²) >= 11 is 1.69. The van der Waals surface area contributed by atoms with E-state index in [1.807, 2.05) is 6.92 Å². The van der Waals surface area contributed by atoms with Crippen molar-refractivity contribution >= 4 is 26.7 Å². The third-order valence-electron chi connectivity index (χ3n) is 2.96. The maximum absolute atomic E-state index is 5.08. The Hall–Kier alpha value is -1.95. The summed E-state index contributed by atoms with van der Waals surface area (Å²) in [5.41, 5.74) is 2.31. The Kier molecular flexibility index (Phi) is 3.64. The Morgan fingerprint density at radius 2 is 2.15 bits per heavy atom. The fraction of sp³-hybridized carbons (Fsp3) is 0.357. The predicted octanol–water partition coefficient (Wildman–Crippen LogP) is 3.34. The summed E-state index contributed by atoms with van der Waals surface area (Å²) in [4.78, 5) is 8.74. The quantitative estimate of drug-likeness (QED) is 0.729. The zero-order valence-electron chi connectivity index (χ0n) is 11.5. The van der Waals surface area contributed by atoms with Crippen molar-refractivity contribution in [2.75, 3.05) is 11.9 Å². The molecule has 0 spiro atoms. The number of aromatic nitrogens is 3. The SMILES string of the molecule is Cc1ccc2nc(NCCCc3nc(C)no3)sc2c1. The lowest BCUT2D eigenvalue weighted by molar-refractivity contribution is 0.373. The van der Waals surface area contributed by atoms with Crippen LogP contribution in [0.2, 0.25) is 0 Å². The summed E-state index contributed by atoms with van der Waals surface area (Å²) in [7, 11) is 0. The average Bonchev–Trinajstić information content (AvgIpc) is 3.00. The van der Waals surface area contributed by atoms with Gasteiger partial charge in [0, 0.05) is 13.0 Å². The van der Waals surface area contributed by atoms with Crippen LogP contribution in [-0.4, -0.2) is 21.7 Å². The molecule has 0 aliphatic heterocycles. The van der Waals surface area contributed by atoms with Crippen LogP contribution in [0.5, 0.6) is 0 Å². The summed E-state index contributed by atoms with van der Waals surface area (Å²) in [6, 6.07) is 6.32. The van der Waals surface area contributed by atoms with Gasteiger partial charge in [-0.1, -0.05) is 22.6 Å². The standard InChI is InChI=1S/C14H16N4OS/c1-9-5-6-11-12(8-9)20-14(17-11)15-7-3-4-13-16-10(2)18-19-13/h5-6,8H,3-4,7H2,1-2H3,(H,15,17). The maximum Gasteiger partial charge on any atom is 0.226 e. The number of nitrogens with one attached hydrogen (secondary N) is 1. The van der Waals surface area contributed by atoms with Crippen LogP contribution in [0.1, 0.15) is 23.7 Å². The second-order valence-corrected chi connectivity index (χ2v) is 5.79. The van der Waals surface area contributed by atoms with Crippen molar-refractivity contribution in [1.82, 2.24) is 15.1 Å². The Balaban J connectivity index is 1.54. The fourth-order valence-electron chi connectivity index (χ4n) is 1.98. The maximum atomic E-state index is 5.08. The summed E-state index contributed by atoms with van der Waals surface area (Å²) < 4.78 is 6.30.